The van der Waals surface area contributed by atoms with Crippen molar-refractivity contribution in [2.24, 2.45) is 5.92 Å². The molecule has 2 amide bonds. The molecule has 0 heterocycles. The molecule has 0 aliphatic carbocycles. The zero-order chi connectivity index (χ0) is 17.5. The minimum absolute atomic E-state index is 0.00400. The van der Waals surface area contributed by atoms with Gasteiger partial charge in [0.15, 0.2) is 0 Å². The fraction of sp³-hybridized carbons (Fsp3) is 0.300. The molecule has 0 aliphatic heterocycles. The zero-order valence-corrected chi connectivity index (χ0v) is 14.4. The molecule has 2 rings (SSSR count). The van der Waals surface area contributed by atoms with Crippen molar-refractivity contribution >= 4 is 11.8 Å². The molecule has 2 aromatic rings. The first-order valence-corrected chi connectivity index (χ1v) is 8.16. The lowest BCUT2D eigenvalue weighted by atomic mass is 10.0. The zero-order valence-electron chi connectivity index (χ0n) is 14.4. The van der Waals surface area contributed by atoms with E-state index in [1.807, 2.05) is 51.1 Å². The van der Waals surface area contributed by atoms with Crippen LogP contribution in [-0.2, 0) is 11.3 Å². The van der Waals surface area contributed by atoms with Crippen molar-refractivity contribution in [2.75, 3.05) is 0 Å². The van der Waals surface area contributed by atoms with Gasteiger partial charge in [-0.1, -0.05) is 61.9 Å². The topological polar surface area (TPSA) is 58.2 Å². The minimum Gasteiger partial charge on any atom is -0.350 e. The van der Waals surface area contributed by atoms with Gasteiger partial charge in [-0.05, 0) is 30.5 Å². The maximum Gasteiger partial charge on any atom is 0.251 e. The second kappa shape index (κ2) is 8.29. The Hall–Kier alpha value is -2.62. The number of nitrogens with one attached hydrogen (secondary N) is 2. The third-order valence-electron chi connectivity index (χ3n) is 3.86. The summed E-state index contributed by atoms with van der Waals surface area (Å²) in [4.78, 5) is 24.8. The summed E-state index contributed by atoms with van der Waals surface area (Å²) < 4.78 is 0. The average Bonchev–Trinajstić information content (AvgIpc) is 2.59. The number of amides is 2. The number of carbonyl (C=O) groups excluding carboxylic acids is 2. The van der Waals surface area contributed by atoms with Gasteiger partial charge in [-0.15, -0.1) is 0 Å². The minimum atomic E-state index is -0.567. The van der Waals surface area contributed by atoms with Gasteiger partial charge in [0.05, 0.1) is 0 Å². The van der Waals surface area contributed by atoms with E-state index in [0.29, 0.717) is 12.1 Å². The Balaban J connectivity index is 1.97. The molecule has 0 aromatic heterocycles. The molecule has 1 unspecified atom stereocenters. The van der Waals surface area contributed by atoms with Crippen molar-refractivity contribution in [1.29, 1.82) is 0 Å². The van der Waals surface area contributed by atoms with Crippen LogP contribution in [0.4, 0.5) is 0 Å². The maximum atomic E-state index is 12.5. The molecular formula is C20H24N2O2. The normalized spacial score (nSPS) is 11.8. The number of carbonyl (C=O) groups is 2. The first kappa shape index (κ1) is 17.7. The van der Waals surface area contributed by atoms with E-state index in [1.165, 1.54) is 5.56 Å². The van der Waals surface area contributed by atoms with E-state index in [1.54, 1.807) is 24.3 Å². The molecule has 0 saturated carbocycles. The molecule has 1 atom stereocenters. The molecule has 0 saturated heterocycles. The summed E-state index contributed by atoms with van der Waals surface area (Å²) in [5.74, 6) is -0.412. The number of benzene rings is 2. The first-order valence-electron chi connectivity index (χ1n) is 8.16. The van der Waals surface area contributed by atoms with Crippen LogP contribution in [0.25, 0.3) is 0 Å². The number of aryl methyl sites for hydroxylation is 1. The van der Waals surface area contributed by atoms with Crippen LogP contribution in [-0.4, -0.2) is 17.9 Å². The van der Waals surface area contributed by atoms with E-state index >= 15 is 0 Å². The molecule has 4 nitrogen and oxygen atoms in total. The summed E-state index contributed by atoms with van der Waals surface area (Å²) in [6.07, 6.45) is 0. The van der Waals surface area contributed by atoms with E-state index in [-0.39, 0.29) is 17.7 Å². The van der Waals surface area contributed by atoms with Crippen LogP contribution in [0.3, 0.4) is 0 Å². The number of hydrogen-bond acceptors (Lipinski definition) is 2. The summed E-state index contributed by atoms with van der Waals surface area (Å²) in [7, 11) is 0. The van der Waals surface area contributed by atoms with Crippen molar-refractivity contribution in [1.82, 2.24) is 10.6 Å². The Morgan fingerprint density at radius 3 is 2.17 bits per heavy atom. The van der Waals surface area contributed by atoms with Gasteiger partial charge in [0.2, 0.25) is 5.91 Å². The summed E-state index contributed by atoms with van der Waals surface area (Å²) in [5.41, 5.74) is 2.76. The van der Waals surface area contributed by atoms with Crippen molar-refractivity contribution in [3.63, 3.8) is 0 Å². The van der Waals surface area contributed by atoms with Crippen molar-refractivity contribution < 1.29 is 9.59 Å². The van der Waals surface area contributed by atoms with Crippen LogP contribution in [0.1, 0.15) is 35.3 Å². The van der Waals surface area contributed by atoms with E-state index in [2.05, 4.69) is 10.6 Å². The highest BCUT2D eigenvalue weighted by atomic mass is 16.2. The molecule has 0 aliphatic rings. The second-order valence-corrected chi connectivity index (χ2v) is 6.26. The highest BCUT2D eigenvalue weighted by Gasteiger charge is 2.24. The summed E-state index contributed by atoms with van der Waals surface area (Å²) in [6, 6.07) is 16.4. The van der Waals surface area contributed by atoms with Crippen molar-refractivity contribution in [3.8, 4) is 0 Å². The number of hydrogen-bond donors (Lipinski definition) is 2. The van der Waals surface area contributed by atoms with Gasteiger partial charge in [0.25, 0.3) is 5.91 Å². The van der Waals surface area contributed by atoms with Gasteiger partial charge in [0, 0.05) is 12.1 Å². The Morgan fingerprint density at radius 2 is 1.58 bits per heavy atom. The van der Waals surface area contributed by atoms with E-state index in [0.717, 1.165) is 5.56 Å². The molecular weight excluding hydrogens is 300 g/mol. The van der Waals surface area contributed by atoms with Crippen LogP contribution in [0.2, 0.25) is 0 Å². The van der Waals surface area contributed by atoms with E-state index in [9.17, 15) is 9.59 Å². The quantitative estimate of drug-likeness (QED) is 0.858. The van der Waals surface area contributed by atoms with E-state index < -0.39 is 6.04 Å². The fourth-order valence-electron chi connectivity index (χ4n) is 2.35. The van der Waals surface area contributed by atoms with Crippen molar-refractivity contribution in [3.05, 3.63) is 71.3 Å². The highest BCUT2D eigenvalue weighted by Crippen LogP contribution is 2.07. The average molecular weight is 324 g/mol. The van der Waals surface area contributed by atoms with Gasteiger partial charge < -0.3 is 10.6 Å². The fourth-order valence-corrected chi connectivity index (χ4v) is 2.35. The summed E-state index contributed by atoms with van der Waals surface area (Å²) >= 11 is 0. The lowest BCUT2D eigenvalue weighted by Crippen LogP contribution is -2.49. The Labute approximate surface area is 143 Å². The molecule has 2 aromatic carbocycles. The van der Waals surface area contributed by atoms with Crippen LogP contribution in [0.15, 0.2) is 54.6 Å². The molecule has 2 N–H and O–H groups in total. The Morgan fingerprint density at radius 1 is 0.958 bits per heavy atom. The molecule has 0 radical (unpaired) electrons. The lowest BCUT2D eigenvalue weighted by molar-refractivity contribution is -0.124. The third-order valence-corrected chi connectivity index (χ3v) is 3.86. The molecule has 0 spiro atoms. The molecule has 126 valence electrons. The van der Waals surface area contributed by atoms with Crippen LogP contribution < -0.4 is 10.6 Å². The molecule has 24 heavy (non-hydrogen) atoms. The Bertz CT molecular complexity index is 679. The van der Waals surface area contributed by atoms with Gasteiger partial charge in [0.1, 0.15) is 6.04 Å². The van der Waals surface area contributed by atoms with Gasteiger partial charge in [-0.3, -0.25) is 9.59 Å². The standard InChI is InChI=1S/C20H24N2O2/c1-14(2)18(22-19(23)17-7-5-4-6-8-17)20(24)21-13-16-11-9-15(3)10-12-16/h4-12,14,18H,13H2,1-3H3,(H,21,24)(H,22,23). The highest BCUT2D eigenvalue weighted by molar-refractivity contribution is 5.97. The number of rotatable bonds is 6. The summed E-state index contributed by atoms with van der Waals surface area (Å²) in [5, 5.41) is 5.73. The monoisotopic (exact) mass is 324 g/mol. The summed E-state index contributed by atoms with van der Waals surface area (Å²) in [6.45, 7) is 6.31. The van der Waals surface area contributed by atoms with Crippen LogP contribution in [0, 0.1) is 12.8 Å². The molecule has 0 fully saturated rings. The lowest BCUT2D eigenvalue weighted by Gasteiger charge is -2.22. The largest absolute Gasteiger partial charge is 0.350 e. The second-order valence-electron chi connectivity index (χ2n) is 6.26. The SMILES string of the molecule is Cc1ccc(CNC(=O)C(NC(=O)c2ccccc2)C(C)C)cc1. The molecule has 4 heteroatoms. The van der Waals surface area contributed by atoms with Gasteiger partial charge >= 0.3 is 0 Å². The third kappa shape index (κ3) is 4.95. The smallest absolute Gasteiger partial charge is 0.251 e. The van der Waals surface area contributed by atoms with E-state index in [4.69, 9.17) is 0 Å². The van der Waals surface area contributed by atoms with Crippen molar-refractivity contribution in [2.45, 2.75) is 33.4 Å². The van der Waals surface area contributed by atoms with Crippen LogP contribution >= 0.6 is 0 Å². The maximum absolute atomic E-state index is 12.5. The van der Waals surface area contributed by atoms with Crippen LogP contribution in [0.5, 0.6) is 0 Å². The predicted octanol–water partition coefficient (Wildman–Crippen LogP) is 3.07. The predicted molar refractivity (Wildman–Crippen MR) is 95.6 cm³/mol. The molecule has 0 bridgehead atoms. The van der Waals surface area contributed by atoms with Gasteiger partial charge in [-0.25, -0.2) is 0 Å². The van der Waals surface area contributed by atoms with Gasteiger partial charge in [-0.2, -0.15) is 0 Å². The first-order chi connectivity index (χ1) is 11.5. The Kier molecular flexibility index (Phi) is 6.13.